The third-order valence-corrected chi connectivity index (χ3v) is 3.15. The van der Waals surface area contributed by atoms with Crippen molar-refractivity contribution in [2.75, 3.05) is 0 Å². The van der Waals surface area contributed by atoms with Gasteiger partial charge in [-0.25, -0.2) is 4.79 Å². The molecule has 1 rings (SSSR count). The number of amides is 1. The summed E-state index contributed by atoms with van der Waals surface area (Å²) in [6.07, 6.45) is 2.05. The van der Waals surface area contributed by atoms with Crippen LogP contribution in [0, 0.1) is 11.8 Å². The zero-order valence-corrected chi connectivity index (χ0v) is 14.0. The summed E-state index contributed by atoms with van der Waals surface area (Å²) in [6.45, 7) is 14.3. The quantitative estimate of drug-likeness (QED) is 0.756. The van der Waals surface area contributed by atoms with E-state index in [-0.39, 0.29) is 24.3 Å². The van der Waals surface area contributed by atoms with E-state index in [2.05, 4.69) is 33.0 Å². The van der Waals surface area contributed by atoms with Crippen molar-refractivity contribution in [3.8, 4) is 0 Å². The van der Waals surface area contributed by atoms with Crippen LogP contribution in [-0.2, 0) is 9.47 Å². The van der Waals surface area contributed by atoms with Crippen molar-refractivity contribution >= 4 is 6.09 Å². The number of nitrogens with one attached hydrogen (secondary N) is 1. The number of hydrogen-bond acceptors (Lipinski definition) is 3. The minimum atomic E-state index is -0.464. The second-order valence-electron chi connectivity index (χ2n) is 7.65. The molecule has 1 amide bonds. The van der Waals surface area contributed by atoms with Gasteiger partial charge in [-0.1, -0.05) is 27.7 Å². The van der Waals surface area contributed by atoms with E-state index < -0.39 is 5.60 Å². The molecule has 0 bridgehead atoms. The van der Waals surface area contributed by atoms with Crippen LogP contribution in [0.2, 0.25) is 0 Å². The molecule has 0 spiro atoms. The normalized spacial score (nSPS) is 23.9. The number of carbonyl (C=O) groups excluding carboxylic acids is 1. The maximum atomic E-state index is 11.9. The Bertz CT molecular complexity index is 320. The first-order valence-electron chi connectivity index (χ1n) is 7.73. The van der Waals surface area contributed by atoms with Gasteiger partial charge >= 0.3 is 6.09 Å². The first-order chi connectivity index (χ1) is 9.08. The van der Waals surface area contributed by atoms with E-state index >= 15 is 0 Å². The van der Waals surface area contributed by atoms with Gasteiger partial charge in [0.2, 0.25) is 0 Å². The molecule has 0 saturated carbocycles. The van der Waals surface area contributed by atoms with Crippen LogP contribution in [0.4, 0.5) is 4.79 Å². The highest BCUT2D eigenvalue weighted by molar-refractivity contribution is 5.68. The molecule has 0 radical (unpaired) electrons. The van der Waals surface area contributed by atoms with Crippen LogP contribution in [0.3, 0.4) is 0 Å². The van der Waals surface area contributed by atoms with Crippen molar-refractivity contribution in [2.24, 2.45) is 11.8 Å². The summed E-state index contributed by atoms with van der Waals surface area (Å²) in [5.74, 6) is 1.13. The summed E-state index contributed by atoms with van der Waals surface area (Å²) in [4.78, 5) is 11.9. The van der Waals surface area contributed by atoms with Crippen molar-refractivity contribution in [3.63, 3.8) is 0 Å². The highest BCUT2D eigenvalue weighted by atomic mass is 16.6. The lowest BCUT2D eigenvalue weighted by Crippen LogP contribution is -2.43. The summed E-state index contributed by atoms with van der Waals surface area (Å²) in [5.41, 5.74) is -0.464. The molecule has 0 aliphatic carbocycles. The van der Waals surface area contributed by atoms with Gasteiger partial charge in [0.05, 0.1) is 12.1 Å². The minimum Gasteiger partial charge on any atom is -0.444 e. The summed E-state index contributed by atoms with van der Waals surface area (Å²) >= 11 is 0. The molecular weight excluding hydrogens is 254 g/mol. The third kappa shape index (κ3) is 6.60. The molecule has 1 aliphatic heterocycles. The van der Waals surface area contributed by atoms with E-state index in [9.17, 15) is 4.79 Å². The predicted octanol–water partition coefficient (Wildman–Crippen LogP) is 3.74. The third-order valence-electron chi connectivity index (χ3n) is 3.15. The lowest BCUT2D eigenvalue weighted by atomic mass is 9.97. The molecule has 3 atom stereocenters. The molecule has 20 heavy (non-hydrogen) atoms. The summed E-state index contributed by atoms with van der Waals surface area (Å²) in [7, 11) is 0. The smallest absolute Gasteiger partial charge is 0.407 e. The molecule has 1 fully saturated rings. The first kappa shape index (κ1) is 17.3. The molecule has 4 heteroatoms. The number of carbonyl (C=O) groups is 1. The summed E-state index contributed by atoms with van der Waals surface area (Å²) in [5, 5.41) is 2.98. The highest BCUT2D eigenvalue weighted by Crippen LogP contribution is 2.33. The Morgan fingerprint density at radius 3 is 2.25 bits per heavy atom. The molecule has 1 aliphatic rings. The molecule has 1 saturated heterocycles. The van der Waals surface area contributed by atoms with Crippen molar-refractivity contribution in [1.29, 1.82) is 0 Å². The lowest BCUT2D eigenvalue weighted by Gasteiger charge is -2.24. The fourth-order valence-corrected chi connectivity index (χ4v) is 2.41. The molecule has 118 valence electrons. The van der Waals surface area contributed by atoms with E-state index in [1.54, 1.807) is 0 Å². The van der Waals surface area contributed by atoms with E-state index in [1.807, 2.05) is 20.8 Å². The SMILES string of the molecule is CC(C)CC1OC1[C@H](CC(C)C)NC(=O)OC(C)(C)C. The van der Waals surface area contributed by atoms with Crippen molar-refractivity contribution in [1.82, 2.24) is 5.32 Å². The molecule has 0 aromatic rings. The molecule has 0 aromatic carbocycles. The lowest BCUT2D eigenvalue weighted by molar-refractivity contribution is 0.0488. The van der Waals surface area contributed by atoms with Crippen molar-refractivity contribution < 1.29 is 14.3 Å². The Morgan fingerprint density at radius 1 is 1.20 bits per heavy atom. The van der Waals surface area contributed by atoms with Crippen LogP contribution < -0.4 is 5.32 Å². The number of epoxide rings is 1. The van der Waals surface area contributed by atoms with Crippen LogP contribution in [0.5, 0.6) is 0 Å². The second kappa shape index (κ2) is 6.79. The Hall–Kier alpha value is -0.770. The van der Waals surface area contributed by atoms with Crippen molar-refractivity contribution in [2.45, 2.75) is 85.2 Å². The number of rotatable bonds is 6. The second-order valence-corrected chi connectivity index (χ2v) is 7.65. The maximum absolute atomic E-state index is 11.9. The average Bonchev–Trinajstić information content (AvgIpc) is 2.90. The average molecular weight is 285 g/mol. The van der Waals surface area contributed by atoms with Crippen LogP contribution in [-0.4, -0.2) is 29.9 Å². The van der Waals surface area contributed by atoms with E-state index in [0.29, 0.717) is 11.8 Å². The Morgan fingerprint density at radius 2 is 1.80 bits per heavy atom. The fraction of sp³-hybridized carbons (Fsp3) is 0.938. The maximum Gasteiger partial charge on any atom is 0.407 e. The van der Waals surface area contributed by atoms with Crippen LogP contribution in [0.25, 0.3) is 0 Å². The van der Waals surface area contributed by atoms with E-state index in [0.717, 1.165) is 12.8 Å². The topological polar surface area (TPSA) is 50.9 Å². The van der Waals surface area contributed by atoms with Gasteiger partial charge in [-0.15, -0.1) is 0 Å². The van der Waals surface area contributed by atoms with Gasteiger partial charge in [0.25, 0.3) is 0 Å². The van der Waals surface area contributed by atoms with Gasteiger partial charge in [0.1, 0.15) is 11.7 Å². The number of ether oxygens (including phenoxy) is 2. The van der Waals surface area contributed by atoms with Crippen molar-refractivity contribution in [3.05, 3.63) is 0 Å². The highest BCUT2D eigenvalue weighted by Gasteiger charge is 2.45. The zero-order chi connectivity index (χ0) is 15.5. The molecule has 4 nitrogen and oxygen atoms in total. The molecule has 1 N–H and O–H groups in total. The minimum absolute atomic E-state index is 0.0496. The van der Waals surface area contributed by atoms with E-state index in [4.69, 9.17) is 9.47 Å². The molecule has 0 aromatic heterocycles. The number of hydrogen-bond donors (Lipinski definition) is 1. The Labute approximate surface area is 123 Å². The zero-order valence-electron chi connectivity index (χ0n) is 14.0. The summed E-state index contributed by atoms with van der Waals surface area (Å²) < 4.78 is 11.1. The van der Waals surface area contributed by atoms with Crippen LogP contribution in [0.1, 0.15) is 61.3 Å². The van der Waals surface area contributed by atoms with Gasteiger partial charge < -0.3 is 14.8 Å². The monoisotopic (exact) mass is 285 g/mol. The van der Waals surface area contributed by atoms with E-state index in [1.165, 1.54) is 0 Å². The number of alkyl carbamates (subject to hydrolysis) is 1. The molecule has 2 unspecified atom stereocenters. The fourth-order valence-electron chi connectivity index (χ4n) is 2.41. The van der Waals surface area contributed by atoms with Crippen LogP contribution >= 0.6 is 0 Å². The van der Waals surface area contributed by atoms with Gasteiger partial charge in [0, 0.05) is 0 Å². The van der Waals surface area contributed by atoms with Gasteiger partial charge in [-0.2, -0.15) is 0 Å². The standard InChI is InChI=1S/C16H31NO3/c1-10(2)8-12(14-13(19-14)9-11(3)4)17-15(18)20-16(5,6)7/h10-14H,8-9H2,1-7H3,(H,17,18)/t12-,13?,14?/m0/s1. The predicted molar refractivity (Wildman–Crippen MR) is 80.7 cm³/mol. The first-order valence-corrected chi connectivity index (χ1v) is 7.73. The Balaban J connectivity index is 2.51. The summed E-state index contributed by atoms with van der Waals surface area (Å²) in [6, 6.07) is 0.0496. The van der Waals surface area contributed by atoms with Gasteiger partial charge in [-0.3, -0.25) is 0 Å². The van der Waals surface area contributed by atoms with Crippen LogP contribution in [0.15, 0.2) is 0 Å². The molecule has 1 heterocycles. The van der Waals surface area contributed by atoms with Gasteiger partial charge in [0.15, 0.2) is 0 Å². The van der Waals surface area contributed by atoms with Gasteiger partial charge in [-0.05, 0) is 45.4 Å². The Kier molecular flexibility index (Phi) is 5.87. The molecular formula is C16H31NO3. The largest absolute Gasteiger partial charge is 0.444 e.